The molecule has 4 aromatic carbocycles. The average Bonchev–Trinajstić information content (AvgIpc) is 3.60. The van der Waals surface area contributed by atoms with Gasteiger partial charge in [0.2, 0.25) is 10.0 Å². The number of anilines is 1. The van der Waals surface area contributed by atoms with Crippen molar-refractivity contribution in [1.82, 2.24) is 19.7 Å². The minimum atomic E-state index is -5.08. The van der Waals surface area contributed by atoms with E-state index < -0.39 is 28.2 Å². The summed E-state index contributed by atoms with van der Waals surface area (Å²) in [5.41, 5.74) is 7.32. The number of aromatic nitrogens is 3. The number of benzene rings is 4. The first-order valence-corrected chi connectivity index (χ1v) is 15.4. The van der Waals surface area contributed by atoms with Crippen molar-refractivity contribution in [1.29, 1.82) is 0 Å². The Morgan fingerprint density at radius 3 is 2.26 bits per heavy atom. The molecular weight excluding hydrogens is 619 g/mol. The number of H-pyrrole nitrogens is 1. The second-order valence-corrected chi connectivity index (χ2v) is 12.4. The van der Waals surface area contributed by atoms with Crippen LogP contribution in [0.2, 0.25) is 0 Å². The number of nitrogens with zero attached hydrogens (tertiary/aromatic N) is 3. The van der Waals surface area contributed by atoms with Gasteiger partial charge in [-0.2, -0.15) is 17.9 Å². The van der Waals surface area contributed by atoms with Gasteiger partial charge in [-0.05, 0) is 40.5 Å². The van der Waals surface area contributed by atoms with Crippen LogP contribution in [0.4, 0.5) is 18.9 Å². The molecule has 0 aliphatic heterocycles. The lowest BCUT2D eigenvalue weighted by Gasteiger charge is -2.19. The number of carbonyl (C=O) groups is 1. The number of sulfonamides is 1. The van der Waals surface area contributed by atoms with Crippen molar-refractivity contribution in [2.45, 2.75) is 17.1 Å². The van der Waals surface area contributed by atoms with Crippen molar-refractivity contribution in [3.63, 3.8) is 0 Å². The molecule has 13 heteroatoms. The highest BCUT2D eigenvalue weighted by Crippen LogP contribution is 2.48. The predicted molar refractivity (Wildman–Crippen MR) is 169 cm³/mol. The predicted octanol–water partition coefficient (Wildman–Crippen LogP) is 6.53. The van der Waals surface area contributed by atoms with Gasteiger partial charge < -0.3 is 15.0 Å². The zero-order valence-electron chi connectivity index (χ0n) is 24.4. The molecule has 1 unspecified atom stereocenters. The molecule has 46 heavy (non-hydrogen) atoms. The van der Waals surface area contributed by atoms with Crippen molar-refractivity contribution in [3.05, 3.63) is 108 Å². The maximum absolute atomic E-state index is 14.0. The van der Waals surface area contributed by atoms with E-state index in [1.807, 2.05) is 91.8 Å². The minimum absolute atomic E-state index is 0.260. The molecule has 0 fully saturated rings. The number of aromatic amines is 1. The largest absolute Gasteiger partial charge is 0.490 e. The van der Waals surface area contributed by atoms with Crippen LogP contribution in [-0.4, -0.2) is 54.7 Å². The summed E-state index contributed by atoms with van der Waals surface area (Å²) in [6.45, 7) is 0. The molecule has 0 amide bonds. The quantitative estimate of drug-likeness (QED) is 0.195. The van der Waals surface area contributed by atoms with Crippen LogP contribution in [0.15, 0.2) is 102 Å². The van der Waals surface area contributed by atoms with Gasteiger partial charge in [-0.15, -0.1) is 0 Å². The summed E-state index contributed by atoms with van der Waals surface area (Å²) < 4.78 is 62.8. The third-order valence-corrected chi connectivity index (χ3v) is 9.11. The van der Waals surface area contributed by atoms with Crippen LogP contribution in [-0.2, 0) is 14.8 Å². The first kappa shape index (κ1) is 30.7. The highest BCUT2D eigenvalue weighted by Gasteiger charge is 2.38. The molecule has 6 aromatic rings. The number of alkyl halides is 3. The zero-order valence-corrected chi connectivity index (χ0v) is 25.2. The highest BCUT2D eigenvalue weighted by atomic mass is 32.2. The number of halogens is 3. The summed E-state index contributed by atoms with van der Waals surface area (Å²) in [5.74, 6) is -2.04. The maximum Gasteiger partial charge on any atom is 0.490 e. The Hall–Kier alpha value is -5.27. The Labute approximate surface area is 261 Å². The second kappa shape index (κ2) is 11.6. The Kier molecular flexibility index (Phi) is 7.74. The standard InChI is InChI=1S/C31H25N5O2S.C2HF3O2/c1-36(2)27-14-6-11-20-19(27)10-7-15-28(20)39(37,38)35-30-22-9-4-3-8-21(22)29-23(30)12-5-13-24(29)31-33-25-16-17-32-18-26(25)34-31;3-2(4,5)1(6)7/h3-18,30,35H,1-2H3,(H,33,34);(H,6,7). The number of imidazole rings is 1. The molecule has 9 nitrogen and oxygen atoms in total. The summed E-state index contributed by atoms with van der Waals surface area (Å²) in [6, 6.07) is 26.4. The van der Waals surface area contributed by atoms with E-state index >= 15 is 0 Å². The molecule has 1 aliphatic carbocycles. The third kappa shape index (κ3) is 5.54. The summed E-state index contributed by atoms with van der Waals surface area (Å²) >= 11 is 0. The van der Waals surface area contributed by atoms with Crippen LogP contribution in [0, 0.1) is 0 Å². The summed E-state index contributed by atoms with van der Waals surface area (Å²) in [6.07, 6.45) is -1.61. The molecule has 1 aliphatic rings. The third-order valence-electron chi connectivity index (χ3n) is 7.63. The van der Waals surface area contributed by atoms with Crippen LogP contribution >= 0.6 is 0 Å². The molecular formula is C33H26F3N5O4S. The molecule has 7 rings (SSSR count). The Bertz CT molecular complexity index is 2200. The van der Waals surface area contributed by atoms with Gasteiger partial charge in [0.25, 0.3) is 0 Å². The van der Waals surface area contributed by atoms with E-state index in [2.05, 4.69) is 14.7 Å². The van der Waals surface area contributed by atoms with Gasteiger partial charge in [0.1, 0.15) is 5.82 Å². The van der Waals surface area contributed by atoms with E-state index in [-0.39, 0.29) is 4.90 Å². The summed E-state index contributed by atoms with van der Waals surface area (Å²) in [7, 11) is 0.0137. The van der Waals surface area contributed by atoms with Crippen LogP contribution in [0.5, 0.6) is 0 Å². The molecule has 0 radical (unpaired) electrons. The Morgan fingerprint density at radius 1 is 0.891 bits per heavy atom. The van der Waals surface area contributed by atoms with E-state index in [4.69, 9.17) is 14.9 Å². The highest BCUT2D eigenvalue weighted by molar-refractivity contribution is 7.89. The minimum Gasteiger partial charge on any atom is -0.475 e. The first-order chi connectivity index (χ1) is 21.9. The second-order valence-electron chi connectivity index (χ2n) is 10.7. The molecule has 3 N–H and O–H groups in total. The van der Waals surface area contributed by atoms with Gasteiger partial charge in [-0.1, -0.05) is 66.7 Å². The van der Waals surface area contributed by atoms with Crippen molar-refractivity contribution in [3.8, 4) is 22.5 Å². The van der Waals surface area contributed by atoms with Gasteiger partial charge in [-0.25, -0.2) is 18.2 Å². The number of fused-ring (bicyclic) bond motifs is 5. The van der Waals surface area contributed by atoms with Gasteiger partial charge in [0.15, 0.2) is 0 Å². The SMILES string of the molecule is CN(C)c1cccc2c(S(=O)(=O)NC3c4ccccc4-c4c(-c5nc6ccncc6[nH]5)cccc43)cccc12.O=C(O)C(F)(F)F. The fraction of sp³-hybridized carbons (Fsp3) is 0.121. The van der Waals surface area contributed by atoms with Crippen molar-refractivity contribution >= 4 is 43.5 Å². The molecule has 2 heterocycles. The van der Waals surface area contributed by atoms with Crippen LogP contribution < -0.4 is 9.62 Å². The van der Waals surface area contributed by atoms with E-state index in [0.29, 0.717) is 5.39 Å². The molecule has 1 atom stereocenters. The van der Waals surface area contributed by atoms with Crippen molar-refractivity contribution < 1.29 is 31.5 Å². The van der Waals surface area contributed by atoms with E-state index in [1.54, 1.807) is 24.5 Å². The number of aliphatic carboxylic acids is 1. The van der Waals surface area contributed by atoms with Crippen LogP contribution in [0.3, 0.4) is 0 Å². The maximum atomic E-state index is 14.0. The fourth-order valence-corrected chi connectivity index (χ4v) is 7.09. The average molecular weight is 646 g/mol. The number of hydrogen-bond acceptors (Lipinski definition) is 6. The number of pyridine rings is 1. The Morgan fingerprint density at radius 2 is 1.54 bits per heavy atom. The molecule has 234 valence electrons. The lowest BCUT2D eigenvalue weighted by molar-refractivity contribution is -0.192. The summed E-state index contributed by atoms with van der Waals surface area (Å²) in [4.78, 5) is 23.5. The summed E-state index contributed by atoms with van der Waals surface area (Å²) in [5, 5.41) is 8.70. The van der Waals surface area contributed by atoms with Gasteiger partial charge in [0, 0.05) is 42.3 Å². The number of carboxylic acid groups (broad SMARTS) is 1. The van der Waals surface area contributed by atoms with E-state index in [0.717, 1.165) is 55.7 Å². The normalized spacial score (nSPS) is 14.0. The van der Waals surface area contributed by atoms with Gasteiger partial charge in [-0.3, -0.25) is 4.98 Å². The number of nitrogens with one attached hydrogen (secondary N) is 2. The molecule has 0 bridgehead atoms. The number of rotatable bonds is 5. The monoisotopic (exact) mass is 645 g/mol. The fourth-order valence-electron chi connectivity index (χ4n) is 5.67. The molecule has 0 saturated heterocycles. The van der Waals surface area contributed by atoms with Gasteiger partial charge in [0.05, 0.1) is 28.2 Å². The van der Waals surface area contributed by atoms with Gasteiger partial charge >= 0.3 is 12.1 Å². The molecule has 2 aromatic heterocycles. The number of hydrogen-bond donors (Lipinski definition) is 3. The Balaban J connectivity index is 0.000000480. The molecule has 0 saturated carbocycles. The topological polar surface area (TPSA) is 128 Å². The zero-order chi connectivity index (χ0) is 32.8. The first-order valence-electron chi connectivity index (χ1n) is 13.9. The number of carboxylic acids is 1. The van der Waals surface area contributed by atoms with E-state index in [1.165, 1.54) is 0 Å². The lowest BCUT2D eigenvalue weighted by atomic mass is 9.99. The van der Waals surface area contributed by atoms with Crippen molar-refractivity contribution in [2.75, 3.05) is 19.0 Å². The lowest BCUT2D eigenvalue weighted by Crippen LogP contribution is -2.28. The molecule has 0 spiro atoms. The van der Waals surface area contributed by atoms with Crippen LogP contribution in [0.1, 0.15) is 17.2 Å². The van der Waals surface area contributed by atoms with E-state index in [9.17, 15) is 21.6 Å². The van der Waals surface area contributed by atoms with Crippen molar-refractivity contribution in [2.24, 2.45) is 0 Å². The smallest absolute Gasteiger partial charge is 0.475 e. The van der Waals surface area contributed by atoms with Crippen LogP contribution in [0.25, 0.3) is 44.3 Å².